The summed E-state index contributed by atoms with van der Waals surface area (Å²) in [6.45, 7) is 8.33. The second-order valence-corrected chi connectivity index (χ2v) is 8.01. The third kappa shape index (κ3) is 8.10. The topological polar surface area (TPSA) is 59.0 Å². The molecule has 1 aromatic heterocycles. The summed E-state index contributed by atoms with van der Waals surface area (Å²) in [6, 6.07) is 8.12. The van der Waals surface area contributed by atoms with Crippen molar-refractivity contribution in [3.8, 4) is 5.75 Å². The van der Waals surface area contributed by atoms with Crippen LogP contribution in [0, 0.1) is 5.92 Å². The van der Waals surface area contributed by atoms with Gasteiger partial charge < -0.3 is 19.7 Å². The fraction of sp³-hybridized carbons (Fsp3) is 0.524. The zero-order valence-corrected chi connectivity index (χ0v) is 21.3. The van der Waals surface area contributed by atoms with E-state index in [2.05, 4.69) is 45.5 Å². The normalized spacial score (nSPS) is 12.4. The molecule has 1 aromatic carbocycles. The minimum absolute atomic E-state index is 0. The van der Waals surface area contributed by atoms with E-state index in [1.807, 2.05) is 32.2 Å². The maximum Gasteiger partial charge on any atom is 0.194 e. The van der Waals surface area contributed by atoms with Crippen molar-refractivity contribution in [2.45, 2.75) is 40.0 Å². The van der Waals surface area contributed by atoms with Crippen LogP contribution in [0.3, 0.4) is 0 Å². The van der Waals surface area contributed by atoms with Gasteiger partial charge in [-0.05, 0) is 18.9 Å². The van der Waals surface area contributed by atoms with Gasteiger partial charge in [0.25, 0.3) is 0 Å². The molecule has 0 amide bonds. The molecule has 1 unspecified atom stereocenters. The molecule has 0 aliphatic carbocycles. The third-order valence-corrected chi connectivity index (χ3v) is 5.28. The van der Waals surface area contributed by atoms with Crippen molar-refractivity contribution in [1.82, 2.24) is 15.2 Å². The van der Waals surface area contributed by atoms with Gasteiger partial charge in [-0.15, -0.1) is 35.3 Å². The number of benzene rings is 1. The summed E-state index contributed by atoms with van der Waals surface area (Å²) in [6.07, 6.45) is 0.0174. The molecule has 0 aliphatic rings. The summed E-state index contributed by atoms with van der Waals surface area (Å²) in [5.41, 5.74) is 2.12. The van der Waals surface area contributed by atoms with E-state index in [1.54, 1.807) is 25.5 Å². The highest BCUT2D eigenvalue weighted by Crippen LogP contribution is 2.21. The van der Waals surface area contributed by atoms with E-state index < -0.39 is 0 Å². The molecule has 0 bridgehead atoms. The second-order valence-electron chi connectivity index (χ2n) is 7.12. The van der Waals surface area contributed by atoms with Crippen molar-refractivity contribution < 1.29 is 9.47 Å². The van der Waals surface area contributed by atoms with Crippen molar-refractivity contribution in [1.29, 1.82) is 0 Å². The van der Waals surface area contributed by atoms with Gasteiger partial charge in [0.05, 0.1) is 18.8 Å². The van der Waals surface area contributed by atoms with Gasteiger partial charge in [-0.25, -0.2) is 4.98 Å². The average molecular weight is 532 g/mol. The molecular formula is C21H33IN4O2S. The van der Waals surface area contributed by atoms with Crippen LogP contribution < -0.4 is 10.1 Å². The first-order valence-electron chi connectivity index (χ1n) is 9.54. The number of rotatable bonds is 9. The zero-order chi connectivity index (χ0) is 20.5. The van der Waals surface area contributed by atoms with Crippen molar-refractivity contribution in [2.24, 2.45) is 10.9 Å². The van der Waals surface area contributed by atoms with Gasteiger partial charge in [0.2, 0.25) is 0 Å². The predicted octanol–water partition coefficient (Wildman–Crippen LogP) is 4.71. The Morgan fingerprint density at radius 2 is 2.00 bits per heavy atom. The number of ether oxygens (including phenoxy) is 2. The molecule has 0 spiro atoms. The average Bonchev–Trinajstić information content (AvgIpc) is 3.15. The standard InChI is InChI=1S/C21H32N4O2S.HI/c1-15(2)13-27-19-10-8-7-9-17(19)11-23-21(22-4)25(5)12-18-14-28-20(24-18)16(3)26-6;/h7-10,14-16H,11-13H2,1-6H3,(H,22,23);1H. The van der Waals surface area contributed by atoms with Gasteiger partial charge in [-0.3, -0.25) is 4.99 Å². The molecule has 1 N–H and O–H groups in total. The molecule has 0 saturated heterocycles. The van der Waals surface area contributed by atoms with E-state index in [1.165, 1.54) is 0 Å². The Bertz CT molecular complexity index is 767. The first-order chi connectivity index (χ1) is 13.4. The number of methoxy groups -OCH3 is 1. The number of hydrogen-bond donors (Lipinski definition) is 1. The number of nitrogens with one attached hydrogen (secondary N) is 1. The van der Waals surface area contributed by atoms with Crippen LogP contribution in [0.25, 0.3) is 0 Å². The lowest BCUT2D eigenvalue weighted by atomic mass is 10.2. The lowest BCUT2D eigenvalue weighted by molar-refractivity contribution is 0.119. The minimum Gasteiger partial charge on any atom is -0.493 e. The smallest absolute Gasteiger partial charge is 0.194 e. The Morgan fingerprint density at radius 1 is 1.28 bits per heavy atom. The van der Waals surface area contributed by atoms with Crippen LogP contribution in [0.5, 0.6) is 5.75 Å². The molecule has 162 valence electrons. The molecule has 1 heterocycles. The molecular weight excluding hydrogens is 499 g/mol. The highest BCUT2D eigenvalue weighted by atomic mass is 127. The highest BCUT2D eigenvalue weighted by molar-refractivity contribution is 14.0. The highest BCUT2D eigenvalue weighted by Gasteiger charge is 2.13. The summed E-state index contributed by atoms with van der Waals surface area (Å²) in [7, 11) is 5.50. The van der Waals surface area contributed by atoms with Gasteiger partial charge in [-0.1, -0.05) is 32.0 Å². The summed E-state index contributed by atoms with van der Waals surface area (Å²) >= 11 is 1.62. The van der Waals surface area contributed by atoms with Crippen LogP contribution in [0.4, 0.5) is 0 Å². The quantitative estimate of drug-likeness (QED) is 0.288. The number of hydrogen-bond acceptors (Lipinski definition) is 5. The van der Waals surface area contributed by atoms with Crippen LogP contribution in [0.1, 0.15) is 43.1 Å². The van der Waals surface area contributed by atoms with Crippen molar-refractivity contribution in [2.75, 3.05) is 27.8 Å². The van der Waals surface area contributed by atoms with E-state index >= 15 is 0 Å². The fourth-order valence-corrected chi connectivity index (χ4v) is 3.45. The summed E-state index contributed by atoms with van der Waals surface area (Å²) in [5.74, 6) is 2.22. The molecule has 2 rings (SSSR count). The van der Waals surface area contributed by atoms with Crippen molar-refractivity contribution >= 4 is 41.3 Å². The molecule has 2 aromatic rings. The molecule has 1 atom stereocenters. The Hall–Kier alpha value is -1.39. The Morgan fingerprint density at radius 3 is 2.66 bits per heavy atom. The number of para-hydroxylation sites is 1. The van der Waals surface area contributed by atoms with Crippen LogP contribution in [-0.4, -0.2) is 43.7 Å². The van der Waals surface area contributed by atoms with E-state index in [0.717, 1.165) is 28.0 Å². The summed E-state index contributed by atoms with van der Waals surface area (Å²) < 4.78 is 11.3. The zero-order valence-electron chi connectivity index (χ0n) is 18.1. The van der Waals surface area contributed by atoms with Gasteiger partial charge in [-0.2, -0.15) is 0 Å². The number of aliphatic imine (C=N–C) groups is 1. The van der Waals surface area contributed by atoms with E-state index in [4.69, 9.17) is 9.47 Å². The fourth-order valence-electron chi connectivity index (χ4n) is 2.61. The Kier molecular flexibility index (Phi) is 11.5. The van der Waals surface area contributed by atoms with Gasteiger partial charge in [0.1, 0.15) is 16.9 Å². The SMILES string of the molecule is CN=C(NCc1ccccc1OCC(C)C)N(C)Cc1csc(C(C)OC)n1.I. The molecule has 0 saturated carbocycles. The summed E-state index contributed by atoms with van der Waals surface area (Å²) in [4.78, 5) is 11.1. The van der Waals surface area contributed by atoms with Gasteiger partial charge >= 0.3 is 0 Å². The number of nitrogens with zero attached hydrogens (tertiary/aromatic N) is 3. The maximum absolute atomic E-state index is 5.94. The van der Waals surface area contributed by atoms with Crippen LogP contribution in [-0.2, 0) is 17.8 Å². The second kappa shape index (κ2) is 13.0. The van der Waals surface area contributed by atoms with Crippen molar-refractivity contribution in [3.63, 3.8) is 0 Å². The monoisotopic (exact) mass is 532 g/mol. The molecule has 6 nitrogen and oxygen atoms in total. The first-order valence-corrected chi connectivity index (χ1v) is 10.4. The molecule has 29 heavy (non-hydrogen) atoms. The Labute approximate surface area is 195 Å². The maximum atomic E-state index is 5.94. The van der Waals surface area contributed by atoms with E-state index in [9.17, 15) is 0 Å². The van der Waals surface area contributed by atoms with Gasteiger partial charge in [0, 0.05) is 38.7 Å². The van der Waals surface area contributed by atoms with E-state index in [-0.39, 0.29) is 30.1 Å². The van der Waals surface area contributed by atoms with E-state index in [0.29, 0.717) is 25.6 Å². The number of halogens is 1. The lowest BCUT2D eigenvalue weighted by Gasteiger charge is -2.22. The van der Waals surface area contributed by atoms with Gasteiger partial charge in [0.15, 0.2) is 5.96 Å². The molecule has 0 aliphatic heterocycles. The molecule has 8 heteroatoms. The Balaban J connectivity index is 0.00000420. The summed E-state index contributed by atoms with van der Waals surface area (Å²) in [5, 5.41) is 6.49. The number of aromatic nitrogens is 1. The minimum atomic E-state index is 0. The molecule has 0 radical (unpaired) electrons. The number of guanidine groups is 1. The predicted molar refractivity (Wildman–Crippen MR) is 131 cm³/mol. The third-order valence-electron chi connectivity index (χ3n) is 4.23. The lowest BCUT2D eigenvalue weighted by Crippen LogP contribution is -2.38. The van der Waals surface area contributed by atoms with Crippen LogP contribution in [0.2, 0.25) is 0 Å². The number of thiazole rings is 1. The van der Waals surface area contributed by atoms with Crippen LogP contribution in [0.15, 0.2) is 34.6 Å². The molecule has 0 fully saturated rings. The van der Waals surface area contributed by atoms with Crippen molar-refractivity contribution in [3.05, 3.63) is 45.9 Å². The van der Waals surface area contributed by atoms with Crippen LogP contribution >= 0.6 is 35.3 Å². The largest absolute Gasteiger partial charge is 0.493 e. The first kappa shape index (κ1) is 25.6.